The Kier molecular flexibility index (Phi) is 10.5. The van der Waals surface area contributed by atoms with Crippen molar-refractivity contribution in [2.24, 2.45) is 11.7 Å². The zero-order valence-corrected chi connectivity index (χ0v) is 24.6. The van der Waals surface area contributed by atoms with E-state index in [1.54, 1.807) is 19.1 Å². The normalized spacial score (nSPS) is 11.7. The molecule has 0 saturated carbocycles. The molecule has 4 rings (SSSR count). The maximum absolute atomic E-state index is 14.0. The summed E-state index contributed by atoms with van der Waals surface area (Å²) in [4.78, 5) is 33.1. The lowest BCUT2D eigenvalue weighted by Crippen LogP contribution is -2.29. The molecule has 0 bridgehead atoms. The molecule has 0 aliphatic carbocycles. The van der Waals surface area contributed by atoms with Gasteiger partial charge in [-0.15, -0.1) is 0 Å². The van der Waals surface area contributed by atoms with Gasteiger partial charge in [-0.05, 0) is 30.9 Å². The minimum atomic E-state index is -4.68. The van der Waals surface area contributed by atoms with Crippen LogP contribution in [-0.2, 0) is 28.7 Å². The second kappa shape index (κ2) is 14.3. The molecular weight excluding hydrogens is 581 g/mol. The third kappa shape index (κ3) is 7.34. The Bertz CT molecular complexity index is 1600. The number of nitrogens with one attached hydrogen (secondary N) is 2. The predicted octanol–water partition coefficient (Wildman–Crippen LogP) is 4.20. The van der Waals surface area contributed by atoms with Crippen LogP contribution in [0.2, 0.25) is 0 Å². The van der Waals surface area contributed by atoms with Crippen LogP contribution in [-0.4, -0.2) is 62.8 Å². The first-order valence-electron chi connectivity index (χ1n) is 14.1. The van der Waals surface area contributed by atoms with Gasteiger partial charge >= 0.3 is 6.18 Å². The van der Waals surface area contributed by atoms with E-state index in [9.17, 15) is 22.8 Å². The van der Waals surface area contributed by atoms with Gasteiger partial charge in [0.2, 0.25) is 0 Å². The van der Waals surface area contributed by atoms with Gasteiger partial charge in [0, 0.05) is 49.4 Å². The first kappa shape index (κ1) is 32.4. The molecule has 0 fully saturated rings. The first-order chi connectivity index (χ1) is 21.1. The van der Waals surface area contributed by atoms with Crippen molar-refractivity contribution in [2.75, 3.05) is 31.6 Å². The maximum Gasteiger partial charge on any atom is 0.435 e. The topological polar surface area (TPSA) is 151 Å². The molecule has 3 aromatic heterocycles. The van der Waals surface area contributed by atoms with Crippen molar-refractivity contribution in [1.29, 1.82) is 0 Å². The highest BCUT2D eigenvalue weighted by molar-refractivity contribution is 5.97. The molecule has 3 heterocycles. The number of fused-ring (bicyclic) bond motifs is 1. The van der Waals surface area contributed by atoms with Crippen molar-refractivity contribution < 1.29 is 32.2 Å². The fourth-order valence-corrected chi connectivity index (χ4v) is 4.65. The van der Waals surface area contributed by atoms with E-state index in [2.05, 4.69) is 25.7 Å². The Labute approximate surface area is 251 Å². The number of aromatic nitrogens is 5. The molecule has 0 radical (unpaired) electrons. The van der Waals surface area contributed by atoms with Crippen LogP contribution in [0.15, 0.2) is 36.9 Å². The minimum Gasteiger partial charge on any atom is -0.426 e. The standard InChI is InChI=1S/C29H35F3N8O4/c1-4-19-20(28(42)35-10-14-43-13-8-33)5-6-22(24(19)44-17-41)37-26-27-36-15-23(40(27)12-9-34-26)21-16-39(11-7-18(2)3)38-25(21)29(30,31)32/h5-6,9,12,15-18H,4,7-8,10-11,13-14,33H2,1-3H3,(H,34,37)(H,35,42). The van der Waals surface area contributed by atoms with E-state index in [-0.39, 0.29) is 54.0 Å². The number of benzene rings is 1. The molecule has 0 spiro atoms. The second-order valence-electron chi connectivity index (χ2n) is 10.3. The summed E-state index contributed by atoms with van der Waals surface area (Å²) in [5, 5.41) is 9.67. The van der Waals surface area contributed by atoms with E-state index in [4.69, 9.17) is 15.2 Å². The Balaban J connectivity index is 1.69. The average Bonchev–Trinajstić information content (AvgIpc) is 3.61. The molecule has 4 aromatic rings. The summed E-state index contributed by atoms with van der Waals surface area (Å²) in [7, 11) is 0. The quantitative estimate of drug-likeness (QED) is 0.132. The number of ether oxygens (including phenoxy) is 2. The molecule has 44 heavy (non-hydrogen) atoms. The van der Waals surface area contributed by atoms with Crippen molar-refractivity contribution in [3.05, 3.63) is 53.7 Å². The summed E-state index contributed by atoms with van der Waals surface area (Å²) in [6.45, 7) is 7.64. The van der Waals surface area contributed by atoms with Crippen LogP contribution in [0.25, 0.3) is 16.9 Å². The van der Waals surface area contributed by atoms with Gasteiger partial charge in [-0.25, -0.2) is 9.97 Å². The summed E-state index contributed by atoms with van der Waals surface area (Å²) >= 11 is 0. The van der Waals surface area contributed by atoms with Crippen molar-refractivity contribution in [2.45, 2.75) is 46.3 Å². The largest absolute Gasteiger partial charge is 0.435 e. The second-order valence-corrected chi connectivity index (χ2v) is 10.3. The summed E-state index contributed by atoms with van der Waals surface area (Å²) in [5.74, 6) is 0.203. The van der Waals surface area contributed by atoms with E-state index >= 15 is 0 Å². The first-order valence-corrected chi connectivity index (χ1v) is 14.1. The summed E-state index contributed by atoms with van der Waals surface area (Å²) in [5.41, 5.74) is 5.74. The number of alkyl halides is 3. The highest BCUT2D eigenvalue weighted by Crippen LogP contribution is 2.38. The Morgan fingerprint density at radius 1 is 1.20 bits per heavy atom. The zero-order valence-electron chi connectivity index (χ0n) is 24.6. The highest BCUT2D eigenvalue weighted by atomic mass is 19.4. The smallest absolute Gasteiger partial charge is 0.426 e. The molecular formula is C29H35F3N8O4. The molecule has 4 N–H and O–H groups in total. The summed E-state index contributed by atoms with van der Waals surface area (Å²) in [6.07, 6.45) is 1.94. The van der Waals surface area contributed by atoms with Crippen LogP contribution in [0, 0.1) is 5.92 Å². The minimum absolute atomic E-state index is 0.107. The molecule has 1 amide bonds. The number of nitrogens with two attached hydrogens (primary N) is 1. The number of anilines is 2. The van der Waals surface area contributed by atoms with Gasteiger partial charge in [-0.2, -0.15) is 18.3 Å². The van der Waals surface area contributed by atoms with E-state index in [1.807, 2.05) is 13.8 Å². The van der Waals surface area contributed by atoms with Crippen LogP contribution in [0.5, 0.6) is 5.75 Å². The highest BCUT2D eigenvalue weighted by Gasteiger charge is 2.38. The third-order valence-corrected chi connectivity index (χ3v) is 6.74. The van der Waals surface area contributed by atoms with Crippen LogP contribution < -0.4 is 21.1 Å². The lowest BCUT2D eigenvalue weighted by molar-refractivity contribution is -0.141. The number of amides is 1. The third-order valence-electron chi connectivity index (χ3n) is 6.74. The van der Waals surface area contributed by atoms with Crippen LogP contribution in [0.3, 0.4) is 0 Å². The Morgan fingerprint density at radius 2 is 2.00 bits per heavy atom. The van der Waals surface area contributed by atoms with Crippen molar-refractivity contribution in [3.63, 3.8) is 0 Å². The molecule has 0 unspecified atom stereocenters. The molecule has 0 aliphatic rings. The van der Waals surface area contributed by atoms with Crippen LogP contribution in [0.1, 0.15) is 48.8 Å². The van der Waals surface area contributed by atoms with Gasteiger partial charge in [0.1, 0.15) is 0 Å². The molecule has 15 heteroatoms. The number of hydrogen-bond acceptors (Lipinski definition) is 9. The molecule has 1 aromatic carbocycles. The number of rotatable bonds is 15. The van der Waals surface area contributed by atoms with Crippen molar-refractivity contribution >= 4 is 29.5 Å². The Hall–Kier alpha value is -4.50. The number of imidazole rings is 1. The maximum atomic E-state index is 14.0. The fourth-order valence-electron chi connectivity index (χ4n) is 4.65. The van der Waals surface area contributed by atoms with Gasteiger partial charge in [0.15, 0.2) is 22.9 Å². The average molecular weight is 617 g/mol. The molecule has 0 atom stereocenters. The van der Waals surface area contributed by atoms with E-state index < -0.39 is 11.9 Å². The van der Waals surface area contributed by atoms with Crippen molar-refractivity contribution in [1.82, 2.24) is 29.5 Å². The van der Waals surface area contributed by atoms with E-state index in [0.717, 1.165) is 0 Å². The van der Waals surface area contributed by atoms with Crippen LogP contribution >= 0.6 is 0 Å². The van der Waals surface area contributed by atoms with Crippen molar-refractivity contribution in [3.8, 4) is 17.0 Å². The SMILES string of the molecule is CCc1c(C(=O)NCCOCCN)ccc(Nc2nccn3c(-c4cn(CCC(C)C)nc4C(F)(F)F)cnc23)c1OC=O. The predicted molar refractivity (Wildman–Crippen MR) is 157 cm³/mol. The zero-order chi connectivity index (χ0) is 31.9. The van der Waals surface area contributed by atoms with Gasteiger partial charge in [0.25, 0.3) is 12.4 Å². The number of carbonyl (C=O) groups excluding carboxylic acids is 2. The summed E-state index contributed by atoms with van der Waals surface area (Å²) in [6, 6.07) is 3.13. The van der Waals surface area contributed by atoms with Gasteiger partial charge in [-0.3, -0.25) is 18.7 Å². The molecule has 12 nitrogen and oxygen atoms in total. The summed E-state index contributed by atoms with van der Waals surface area (Å²) < 4.78 is 55.4. The fraction of sp³-hybridized carbons (Fsp3) is 0.414. The number of nitrogens with zero attached hydrogens (tertiary/aromatic N) is 5. The lowest BCUT2D eigenvalue weighted by Gasteiger charge is -2.17. The van der Waals surface area contributed by atoms with Gasteiger partial charge in [-0.1, -0.05) is 20.8 Å². The number of hydrogen-bond donors (Lipinski definition) is 3. The number of carbonyl (C=O) groups is 2. The Morgan fingerprint density at radius 3 is 2.68 bits per heavy atom. The monoisotopic (exact) mass is 616 g/mol. The van der Waals surface area contributed by atoms with E-state index in [1.165, 1.54) is 33.9 Å². The number of halogens is 3. The van der Waals surface area contributed by atoms with Gasteiger partial charge < -0.3 is 25.8 Å². The van der Waals surface area contributed by atoms with E-state index in [0.29, 0.717) is 55.3 Å². The number of aryl methyl sites for hydroxylation is 1. The molecule has 0 aliphatic heterocycles. The molecule has 0 saturated heterocycles. The van der Waals surface area contributed by atoms with Crippen LogP contribution in [0.4, 0.5) is 24.7 Å². The lowest BCUT2D eigenvalue weighted by atomic mass is 10.0. The molecule has 236 valence electrons. The van der Waals surface area contributed by atoms with Gasteiger partial charge in [0.05, 0.1) is 36.4 Å².